The third-order valence-electron chi connectivity index (χ3n) is 14.7. The molecule has 8 aromatic rings. The largest absolute Gasteiger partial charge is 0.497 e. The van der Waals surface area contributed by atoms with E-state index in [1.165, 1.54) is 24.5 Å². The maximum Gasteiger partial charge on any atom is 0.344 e. The van der Waals surface area contributed by atoms with Crippen LogP contribution in [0.5, 0.6) is 23.0 Å². The molecule has 0 radical (unpaired) electrons. The van der Waals surface area contributed by atoms with Gasteiger partial charge in [0, 0.05) is 16.4 Å². The minimum Gasteiger partial charge on any atom is -0.497 e. The quantitative estimate of drug-likeness (QED) is 0.0678. The molecule has 0 amide bonds. The van der Waals surface area contributed by atoms with E-state index in [2.05, 4.69) is 24.3 Å². The van der Waals surface area contributed by atoms with Crippen molar-refractivity contribution in [1.82, 2.24) is 0 Å². The predicted molar refractivity (Wildman–Crippen MR) is 273 cm³/mol. The standard InChI is InChI=1S/C62H54O8/c1-41(63)54-33-34-57(56-12-6-5-11-55(54)56)60(66)70-53-31-23-49(24-32-53)62(37-9-4-10-38-62)48-21-29-52(30-22-48)69-59(65)45-16-14-42-39-44(15-13-43(42)40-45)58(64)68-51-27-19-47(20-28-51)61(35-7-3-8-36-61)46-17-25-50(67-2)26-18-46/h5-6,11-34,39-40H,3-4,7-10,35-38H2,1-2H3. The molecule has 0 aromatic heterocycles. The van der Waals surface area contributed by atoms with Gasteiger partial charge >= 0.3 is 17.9 Å². The van der Waals surface area contributed by atoms with E-state index in [1.807, 2.05) is 109 Å². The summed E-state index contributed by atoms with van der Waals surface area (Å²) in [7, 11) is 1.68. The lowest BCUT2D eigenvalue weighted by molar-refractivity contribution is 0.0725. The van der Waals surface area contributed by atoms with Gasteiger partial charge in [0.05, 0.1) is 23.8 Å². The van der Waals surface area contributed by atoms with E-state index in [4.69, 9.17) is 18.9 Å². The van der Waals surface area contributed by atoms with Gasteiger partial charge in [0.1, 0.15) is 23.0 Å². The van der Waals surface area contributed by atoms with Gasteiger partial charge in [-0.2, -0.15) is 0 Å². The molecule has 0 spiro atoms. The Kier molecular flexibility index (Phi) is 12.9. The van der Waals surface area contributed by atoms with Crippen molar-refractivity contribution < 1.29 is 38.1 Å². The molecular formula is C62H54O8. The number of Topliss-reactive ketones (excluding diaryl/α,β-unsaturated/α-hetero) is 1. The van der Waals surface area contributed by atoms with Crippen LogP contribution in [0.3, 0.4) is 0 Å². The second kappa shape index (κ2) is 19.6. The van der Waals surface area contributed by atoms with Gasteiger partial charge in [-0.15, -0.1) is 0 Å². The molecule has 350 valence electrons. The molecule has 0 heterocycles. The molecule has 2 saturated carbocycles. The first-order valence-electron chi connectivity index (χ1n) is 24.3. The monoisotopic (exact) mass is 926 g/mol. The fraction of sp³-hybridized carbons (Fsp3) is 0.226. The first-order valence-corrected chi connectivity index (χ1v) is 24.3. The van der Waals surface area contributed by atoms with Crippen LogP contribution in [0.1, 0.15) is 135 Å². The topological polar surface area (TPSA) is 105 Å². The summed E-state index contributed by atoms with van der Waals surface area (Å²) in [4.78, 5) is 52.6. The van der Waals surface area contributed by atoms with E-state index in [0.29, 0.717) is 44.9 Å². The Morgan fingerprint density at radius 2 is 0.743 bits per heavy atom. The minimum absolute atomic E-state index is 0.0642. The summed E-state index contributed by atoms with van der Waals surface area (Å²) in [5.74, 6) is 0.701. The smallest absolute Gasteiger partial charge is 0.344 e. The molecule has 0 atom stereocenters. The Labute approximate surface area is 408 Å². The fourth-order valence-corrected chi connectivity index (χ4v) is 11.0. The van der Waals surface area contributed by atoms with Crippen LogP contribution in [-0.2, 0) is 10.8 Å². The summed E-state index contributed by atoms with van der Waals surface area (Å²) in [6.07, 6.45) is 10.9. The molecule has 70 heavy (non-hydrogen) atoms. The number of benzene rings is 8. The van der Waals surface area contributed by atoms with Gasteiger partial charge in [0.2, 0.25) is 0 Å². The summed E-state index contributed by atoms with van der Waals surface area (Å²) >= 11 is 0. The van der Waals surface area contributed by atoms with Crippen molar-refractivity contribution in [2.45, 2.75) is 82.0 Å². The summed E-state index contributed by atoms with van der Waals surface area (Å²) in [6, 6.07) is 53.2. The van der Waals surface area contributed by atoms with E-state index < -0.39 is 17.9 Å². The second-order valence-electron chi connectivity index (χ2n) is 18.8. The highest BCUT2D eigenvalue weighted by Gasteiger charge is 2.37. The molecule has 2 fully saturated rings. The summed E-state index contributed by atoms with van der Waals surface area (Å²) in [5, 5.41) is 2.98. The van der Waals surface area contributed by atoms with Crippen LogP contribution in [0.2, 0.25) is 0 Å². The molecular weight excluding hydrogens is 873 g/mol. The van der Waals surface area contributed by atoms with E-state index >= 15 is 0 Å². The average Bonchev–Trinajstić information content (AvgIpc) is 3.41. The number of carbonyl (C=O) groups excluding carboxylic acids is 4. The van der Waals surface area contributed by atoms with Crippen LogP contribution < -0.4 is 18.9 Å². The number of esters is 3. The molecule has 8 nitrogen and oxygen atoms in total. The van der Waals surface area contributed by atoms with E-state index in [9.17, 15) is 19.2 Å². The zero-order chi connectivity index (χ0) is 48.2. The predicted octanol–water partition coefficient (Wildman–Crippen LogP) is 14.4. The molecule has 8 heteroatoms. The van der Waals surface area contributed by atoms with Gasteiger partial charge in [-0.25, -0.2) is 14.4 Å². The normalized spacial score (nSPS) is 15.2. The van der Waals surface area contributed by atoms with Crippen molar-refractivity contribution in [2.75, 3.05) is 7.11 Å². The molecule has 10 rings (SSSR count). The average molecular weight is 927 g/mol. The zero-order valence-electron chi connectivity index (χ0n) is 39.5. The first-order chi connectivity index (χ1) is 34.1. The number of hydrogen-bond acceptors (Lipinski definition) is 8. The number of hydrogen-bond donors (Lipinski definition) is 0. The molecule has 0 N–H and O–H groups in total. The highest BCUT2D eigenvalue weighted by atomic mass is 16.5. The van der Waals surface area contributed by atoms with Crippen LogP contribution in [-0.4, -0.2) is 30.8 Å². The van der Waals surface area contributed by atoms with Crippen molar-refractivity contribution in [1.29, 1.82) is 0 Å². The number of ketones is 1. The van der Waals surface area contributed by atoms with Gasteiger partial charge < -0.3 is 18.9 Å². The molecule has 8 aromatic carbocycles. The van der Waals surface area contributed by atoms with Crippen molar-refractivity contribution in [3.8, 4) is 23.0 Å². The van der Waals surface area contributed by atoms with Crippen LogP contribution >= 0.6 is 0 Å². The van der Waals surface area contributed by atoms with Gasteiger partial charge in [0.25, 0.3) is 0 Å². The third kappa shape index (κ3) is 9.09. The highest BCUT2D eigenvalue weighted by molar-refractivity contribution is 6.13. The van der Waals surface area contributed by atoms with Crippen molar-refractivity contribution >= 4 is 45.2 Å². The summed E-state index contributed by atoms with van der Waals surface area (Å²) < 4.78 is 23.1. The lowest BCUT2D eigenvalue weighted by Crippen LogP contribution is -2.30. The van der Waals surface area contributed by atoms with Gasteiger partial charge in [-0.3, -0.25) is 4.79 Å². The van der Waals surface area contributed by atoms with Crippen LogP contribution in [0.25, 0.3) is 21.5 Å². The molecule has 0 bridgehead atoms. The van der Waals surface area contributed by atoms with Gasteiger partial charge in [0.15, 0.2) is 5.78 Å². The van der Waals surface area contributed by atoms with Crippen molar-refractivity contribution in [3.05, 3.63) is 214 Å². The highest BCUT2D eigenvalue weighted by Crippen LogP contribution is 2.47. The summed E-state index contributed by atoms with van der Waals surface area (Å²) in [5.41, 5.74) is 6.16. The minimum atomic E-state index is -0.487. The molecule has 0 saturated heterocycles. The molecule has 0 aliphatic heterocycles. The maximum absolute atomic E-state index is 13.5. The summed E-state index contributed by atoms with van der Waals surface area (Å²) in [6.45, 7) is 1.52. The number of carbonyl (C=O) groups is 4. The fourth-order valence-electron chi connectivity index (χ4n) is 11.0. The molecule has 2 aliphatic rings. The van der Waals surface area contributed by atoms with Gasteiger partial charge in [-0.05, 0) is 161 Å². The third-order valence-corrected chi connectivity index (χ3v) is 14.7. The molecule has 0 unspecified atom stereocenters. The lowest BCUT2D eigenvalue weighted by Gasteiger charge is -2.38. The maximum atomic E-state index is 13.5. The SMILES string of the molecule is COc1ccc(C2(c3ccc(OC(=O)c4ccc5cc(C(=O)Oc6ccc(C7(c8ccc(OC(=O)c9ccc(C(C)=O)c%10ccccc9%10)cc8)CCCCC7)cc6)ccc5c4)cc3)CCCCC2)cc1. The van der Waals surface area contributed by atoms with E-state index in [1.54, 1.807) is 43.5 Å². The second-order valence-corrected chi connectivity index (χ2v) is 18.8. The number of ether oxygens (including phenoxy) is 4. The van der Waals surface area contributed by atoms with Crippen LogP contribution in [0, 0.1) is 0 Å². The Hall–Kier alpha value is -7.84. The van der Waals surface area contributed by atoms with E-state index in [-0.39, 0.29) is 16.6 Å². The number of rotatable bonds is 12. The van der Waals surface area contributed by atoms with Gasteiger partial charge in [-0.1, -0.05) is 123 Å². The van der Waals surface area contributed by atoms with E-state index in [0.717, 1.165) is 90.8 Å². The van der Waals surface area contributed by atoms with Crippen molar-refractivity contribution in [2.24, 2.45) is 0 Å². The van der Waals surface area contributed by atoms with Crippen LogP contribution in [0.4, 0.5) is 0 Å². The first kappa shape index (κ1) is 45.9. The van der Waals surface area contributed by atoms with Crippen LogP contribution in [0.15, 0.2) is 170 Å². The lowest BCUT2D eigenvalue weighted by atomic mass is 9.65. The van der Waals surface area contributed by atoms with Crippen molar-refractivity contribution in [3.63, 3.8) is 0 Å². The number of fused-ring (bicyclic) bond motifs is 2. The number of methoxy groups -OCH3 is 1. The Balaban J connectivity index is 0.788. The Bertz CT molecular complexity index is 3230. The zero-order valence-corrected chi connectivity index (χ0v) is 39.5. The molecule has 2 aliphatic carbocycles. The Morgan fingerprint density at radius 1 is 0.386 bits per heavy atom. The Morgan fingerprint density at radius 3 is 1.13 bits per heavy atom.